The van der Waals surface area contributed by atoms with Crippen LogP contribution in [-0.2, 0) is 11.3 Å². The highest BCUT2D eigenvalue weighted by atomic mass is 79.9. The van der Waals surface area contributed by atoms with E-state index < -0.39 is 0 Å². The van der Waals surface area contributed by atoms with Gasteiger partial charge >= 0.3 is 0 Å². The number of halogens is 1. The zero-order chi connectivity index (χ0) is 14.8. The number of rotatable bonds is 4. The predicted molar refractivity (Wildman–Crippen MR) is 82.4 cm³/mol. The van der Waals surface area contributed by atoms with Gasteiger partial charge in [-0.3, -0.25) is 4.79 Å². The third-order valence-corrected chi connectivity index (χ3v) is 4.31. The van der Waals surface area contributed by atoms with Crippen molar-refractivity contribution < 1.29 is 4.74 Å². The van der Waals surface area contributed by atoms with Crippen LogP contribution in [0.1, 0.15) is 13.8 Å². The number of methoxy groups -OCH3 is 1. The highest BCUT2D eigenvalue weighted by molar-refractivity contribution is 9.10. The van der Waals surface area contributed by atoms with E-state index in [1.54, 1.807) is 13.3 Å². The molecule has 1 aromatic rings. The molecule has 1 saturated heterocycles. The van der Waals surface area contributed by atoms with E-state index in [0.717, 1.165) is 25.3 Å². The van der Waals surface area contributed by atoms with Crippen molar-refractivity contribution >= 4 is 21.6 Å². The fraction of sp³-hybridized carbons (Fsp3) is 0.692. The molecule has 1 N–H and O–H groups in total. The fourth-order valence-corrected chi connectivity index (χ4v) is 2.93. The molecule has 20 heavy (non-hydrogen) atoms. The Bertz CT molecular complexity index is 530. The smallest absolute Gasteiger partial charge is 0.283 e. The van der Waals surface area contributed by atoms with E-state index in [0.29, 0.717) is 17.6 Å². The molecular weight excluding hydrogens is 324 g/mol. The molecule has 0 spiro atoms. The van der Waals surface area contributed by atoms with E-state index in [9.17, 15) is 4.79 Å². The second kappa shape index (κ2) is 6.24. The minimum Gasteiger partial charge on any atom is -0.383 e. The second-order valence-electron chi connectivity index (χ2n) is 5.51. The number of hydrogen-bond acceptors (Lipinski definition) is 5. The van der Waals surface area contributed by atoms with E-state index in [2.05, 4.69) is 45.1 Å². The van der Waals surface area contributed by atoms with Crippen LogP contribution < -0.4 is 15.8 Å². The molecule has 0 saturated carbocycles. The Kier molecular flexibility index (Phi) is 4.82. The molecule has 0 aromatic carbocycles. The van der Waals surface area contributed by atoms with Gasteiger partial charge in [-0.1, -0.05) is 0 Å². The third kappa shape index (κ3) is 3.05. The summed E-state index contributed by atoms with van der Waals surface area (Å²) in [5.41, 5.74) is 0.692. The van der Waals surface area contributed by atoms with E-state index in [4.69, 9.17) is 4.74 Å². The Labute approximate surface area is 127 Å². The molecule has 112 valence electrons. The summed E-state index contributed by atoms with van der Waals surface area (Å²) in [7, 11) is 1.61. The van der Waals surface area contributed by atoms with Gasteiger partial charge in [0, 0.05) is 32.3 Å². The molecule has 1 fully saturated rings. The van der Waals surface area contributed by atoms with Crippen molar-refractivity contribution in [3.8, 4) is 0 Å². The number of ether oxygens (including phenoxy) is 1. The van der Waals surface area contributed by atoms with E-state index in [1.807, 2.05) is 0 Å². The van der Waals surface area contributed by atoms with Crippen LogP contribution in [0.25, 0.3) is 0 Å². The number of hydrogen-bond donors (Lipinski definition) is 1. The van der Waals surface area contributed by atoms with Crippen molar-refractivity contribution in [2.75, 3.05) is 38.3 Å². The number of anilines is 1. The maximum absolute atomic E-state index is 12.3. The van der Waals surface area contributed by atoms with E-state index in [1.165, 1.54) is 4.68 Å². The number of nitrogens with zero attached hydrogens (tertiary/aromatic N) is 3. The van der Waals surface area contributed by atoms with Crippen molar-refractivity contribution in [2.45, 2.75) is 25.9 Å². The molecule has 1 aromatic heterocycles. The molecule has 7 heteroatoms. The van der Waals surface area contributed by atoms with Crippen molar-refractivity contribution in [1.82, 2.24) is 15.1 Å². The van der Waals surface area contributed by atoms with Crippen LogP contribution >= 0.6 is 15.9 Å². The summed E-state index contributed by atoms with van der Waals surface area (Å²) in [6.07, 6.45) is 1.76. The first-order valence-corrected chi connectivity index (χ1v) is 7.49. The normalized spacial score (nSPS) is 18.3. The van der Waals surface area contributed by atoms with Gasteiger partial charge in [-0.25, -0.2) is 4.68 Å². The topological polar surface area (TPSA) is 59.4 Å². The molecule has 0 radical (unpaired) electrons. The maximum atomic E-state index is 12.3. The predicted octanol–water partition coefficient (Wildman–Crippen LogP) is 0.840. The van der Waals surface area contributed by atoms with Gasteiger partial charge in [-0.15, -0.1) is 0 Å². The van der Waals surface area contributed by atoms with E-state index in [-0.39, 0.29) is 11.1 Å². The number of aromatic nitrogens is 2. The summed E-state index contributed by atoms with van der Waals surface area (Å²) in [5, 5.41) is 7.62. The van der Waals surface area contributed by atoms with Gasteiger partial charge in [-0.2, -0.15) is 5.10 Å². The zero-order valence-corrected chi connectivity index (χ0v) is 13.7. The van der Waals surface area contributed by atoms with Gasteiger partial charge in [0.05, 0.1) is 25.0 Å². The molecule has 1 aliphatic rings. The number of nitrogens with one attached hydrogen (secondary N) is 1. The second-order valence-corrected chi connectivity index (χ2v) is 6.30. The largest absolute Gasteiger partial charge is 0.383 e. The highest BCUT2D eigenvalue weighted by Crippen LogP contribution is 2.29. The van der Waals surface area contributed by atoms with Gasteiger partial charge in [-0.05, 0) is 29.8 Å². The van der Waals surface area contributed by atoms with Gasteiger partial charge in [0.15, 0.2) is 0 Å². The lowest BCUT2D eigenvalue weighted by atomic mass is 9.99. The Morgan fingerprint density at radius 1 is 1.55 bits per heavy atom. The van der Waals surface area contributed by atoms with Crippen molar-refractivity contribution in [1.29, 1.82) is 0 Å². The highest BCUT2D eigenvalue weighted by Gasteiger charge is 2.31. The maximum Gasteiger partial charge on any atom is 0.283 e. The molecule has 2 heterocycles. The van der Waals surface area contributed by atoms with Crippen LogP contribution in [0, 0.1) is 0 Å². The van der Waals surface area contributed by atoms with Crippen LogP contribution in [0.5, 0.6) is 0 Å². The first-order valence-electron chi connectivity index (χ1n) is 6.70. The lowest BCUT2D eigenvalue weighted by Crippen LogP contribution is -2.58. The molecule has 0 unspecified atom stereocenters. The first-order chi connectivity index (χ1) is 9.47. The standard InChI is InChI=1S/C13H21BrN4O2/c1-13(2)9-15-4-5-17(13)10-8-16-18(6-7-20-3)12(19)11(10)14/h8,15H,4-7,9H2,1-3H3. The van der Waals surface area contributed by atoms with Crippen LogP contribution in [0.4, 0.5) is 5.69 Å². The lowest BCUT2D eigenvalue weighted by molar-refractivity contribution is 0.181. The van der Waals surface area contributed by atoms with Gasteiger partial charge in [0.25, 0.3) is 5.56 Å². The SMILES string of the molecule is COCCn1ncc(N2CCNCC2(C)C)c(Br)c1=O. The number of piperazine rings is 1. The van der Waals surface area contributed by atoms with Crippen LogP contribution in [0.3, 0.4) is 0 Å². The molecule has 6 nitrogen and oxygen atoms in total. The van der Waals surface area contributed by atoms with Gasteiger partial charge in [0.1, 0.15) is 4.47 Å². The molecular formula is C13H21BrN4O2. The van der Waals surface area contributed by atoms with Gasteiger partial charge < -0.3 is 15.0 Å². The Morgan fingerprint density at radius 3 is 2.95 bits per heavy atom. The first kappa shape index (κ1) is 15.5. The monoisotopic (exact) mass is 344 g/mol. The van der Waals surface area contributed by atoms with Gasteiger partial charge in [0.2, 0.25) is 0 Å². The summed E-state index contributed by atoms with van der Waals surface area (Å²) in [5.74, 6) is 0. The Hall–Kier alpha value is -0.920. The van der Waals surface area contributed by atoms with Crippen LogP contribution in [0.2, 0.25) is 0 Å². The van der Waals surface area contributed by atoms with Crippen LogP contribution in [-0.4, -0.2) is 48.7 Å². The summed E-state index contributed by atoms with van der Waals surface area (Å²) in [6.45, 7) is 7.88. The zero-order valence-electron chi connectivity index (χ0n) is 12.1. The fourth-order valence-electron chi connectivity index (χ4n) is 2.41. The van der Waals surface area contributed by atoms with Crippen molar-refractivity contribution in [3.63, 3.8) is 0 Å². The minimum absolute atomic E-state index is 0.0480. The average Bonchev–Trinajstić information content (AvgIpc) is 2.41. The Balaban J connectivity index is 2.33. The molecule has 1 aliphatic heterocycles. The quantitative estimate of drug-likeness (QED) is 0.877. The average molecular weight is 345 g/mol. The molecule has 0 aliphatic carbocycles. The van der Waals surface area contributed by atoms with E-state index >= 15 is 0 Å². The molecule has 0 amide bonds. The molecule has 0 atom stereocenters. The third-order valence-electron chi connectivity index (χ3n) is 3.56. The lowest BCUT2D eigenvalue weighted by Gasteiger charge is -2.44. The van der Waals surface area contributed by atoms with Crippen LogP contribution in [0.15, 0.2) is 15.5 Å². The minimum atomic E-state index is -0.117. The summed E-state index contributed by atoms with van der Waals surface area (Å²) >= 11 is 3.43. The van der Waals surface area contributed by atoms with Crippen molar-refractivity contribution in [3.05, 3.63) is 21.0 Å². The summed E-state index contributed by atoms with van der Waals surface area (Å²) in [4.78, 5) is 14.5. The molecule has 0 bridgehead atoms. The summed E-state index contributed by atoms with van der Waals surface area (Å²) in [6, 6.07) is 0. The summed E-state index contributed by atoms with van der Waals surface area (Å²) < 4.78 is 6.98. The van der Waals surface area contributed by atoms with Crippen molar-refractivity contribution in [2.24, 2.45) is 0 Å². The molecule has 2 rings (SSSR count). The Morgan fingerprint density at radius 2 is 2.30 bits per heavy atom.